The first-order chi connectivity index (χ1) is 3.93. The van der Waals surface area contributed by atoms with Crippen LogP contribution in [-0.2, 0) is 0 Å². The van der Waals surface area contributed by atoms with Crippen LogP contribution in [0, 0.1) is 5.92 Å². The van der Waals surface area contributed by atoms with Crippen LogP contribution in [0.5, 0.6) is 0 Å². The third-order valence-corrected chi connectivity index (χ3v) is 2.39. The molecule has 0 aromatic heterocycles. The zero-order valence-corrected chi connectivity index (χ0v) is 6.08. The van der Waals surface area contributed by atoms with Gasteiger partial charge in [-0.2, -0.15) is 0 Å². The van der Waals surface area contributed by atoms with Gasteiger partial charge in [-0.3, -0.25) is 0 Å². The normalized spacial score (nSPS) is 26.9. The summed E-state index contributed by atoms with van der Waals surface area (Å²) in [6.07, 6.45) is 5.03. The average molecular weight is 128 g/mol. The molecular weight excluding hydrogens is 116 g/mol. The van der Waals surface area contributed by atoms with Gasteiger partial charge in [0.25, 0.3) is 0 Å². The average Bonchev–Trinajstić information content (AvgIpc) is 2.19. The molecule has 0 saturated heterocycles. The van der Waals surface area contributed by atoms with E-state index < -0.39 is 0 Å². The Morgan fingerprint density at radius 2 is 2.62 bits per heavy atom. The van der Waals surface area contributed by atoms with Crippen LogP contribution in [0.2, 0.25) is 0 Å². The zero-order valence-electron chi connectivity index (χ0n) is 5.26. The number of hydrogen-bond acceptors (Lipinski definition) is 1. The molecule has 0 bridgehead atoms. The van der Waals surface area contributed by atoms with E-state index in [1.54, 1.807) is 0 Å². The van der Waals surface area contributed by atoms with Gasteiger partial charge < -0.3 is 0 Å². The predicted molar refractivity (Wildman–Crippen MR) is 40.0 cm³/mol. The second-order valence-corrected chi connectivity index (χ2v) is 3.15. The lowest BCUT2D eigenvalue weighted by molar-refractivity contribution is 0.649. The van der Waals surface area contributed by atoms with Gasteiger partial charge in [-0.15, -0.1) is 11.8 Å². The molecule has 8 heavy (non-hydrogen) atoms. The molecule has 0 radical (unpaired) electrons. The lowest BCUT2D eigenvalue weighted by Gasteiger charge is -2.00. The van der Waals surface area contributed by atoms with E-state index in [4.69, 9.17) is 0 Å². The van der Waals surface area contributed by atoms with Crippen LogP contribution >= 0.6 is 11.8 Å². The highest BCUT2D eigenvalue weighted by atomic mass is 32.2. The minimum atomic E-state index is 0.894. The summed E-state index contributed by atoms with van der Waals surface area (Å²) in [5.74, 6) is 2.22. The Morgan fingerprint density at radius 1 is 1.75 bits per heavy atom. The van der Waals surface area contributed by atoms with Crippen molar-refractivity contribution >= 4 is 11.8 Å². The Bertz CT molecular complexity index is 86.4. The van der Waals surface area contributed by atoms with E-state index in [1.807, 2.05) is 11.8 Å². The predicted octanol–water partition coefficient (Wildman–Crippen LogP) is 2.66. The SMILES string of the molecule is CCCC1C=CSC1. The third-order valence-electron chi connectivity index (χ3n) is 1.42. The fraction of sp³-hybridized carbons (Fsp3) is 0.714. The fourth-order valence-corrected chi connectivity index (χ4v) is 1.92. The highest BCUT2D eigenvalue weighted by Gasteiger charge is 2.06. The number of hydrogen-bond donors (Lipinski definition) is 0. The maximum Gasteiger partial charge on any atom is 0.00373 e. The highest BCUT2D eigenvalue weighted by Crippen LogP contribution is 2.23. The molecule has 0 saturated carbocycles. The Balaban J connectivity index is 2.16. The van der Waals surface area contributed by atoms with Crippen molar-refractivity contribution in [3.8, 4) is 0 Å². The summed E-state index contributed by atoms with van der Waals surface area (Å²) < 4.78 is 0. The Labute approximate surface area is 55.4 Å². The van der Waals surface area contributed by atoms with Crippen LogP contribution in [0.15, 0.2) is 11.5 Å². The Hall–Kier alpha value is 0.0900. The van der Waals surface area contributed by atoms with Crippen LogP contribution in [0.1, 0.15) is 19.8 Å². The lowest BCUT2D eigenvalue weighted by atomic mass is 10.1. The molecule has 0 N–H and O–H groups in total. The van der Waals surface area contributed by atoms with Gasteiger partial charge in [-0.25, -0.2) is 0 Å². The van der Waals surface area contributed by atoms with Gasteiger partial charge in [0.15, 0.2) is 0 Å². The van der Waals surface area contributed by atoms with Gasteiger partial charge in [0.05, 0.1) is 0 Å². The molecule has 0 aromatic rings. The van der Waals surface area contributed by atoms with Crippen molar-refractivity contribution in [2.75, 3.05) is 5.75 Å². The summed E-state index contributed by atoms with van der Waals surface area (Å²) in [7, 11) is 0. The summed E-state index contributed by atoms with van der Waals surface area (Å²) in [5.41, 5.74) is 0. The molecule has 0 aromatic carbocycles. The molecule has 1 heterocycles. The van der Waals surface area contributed by atoms with Crippen molar-refractivity contribution in [1.82, 2.24) is 0 Å². The first-order valence-corrected chi connectivity index (χ1v) is 4.26. The van der Waals surface area contributed by atoms with E-state index >= 15 is 0 Å². The Morgan fingerprint density at radius 3 is 3.12 bits per heavy atom. The van der Waals surface area contributed by atoms with Gasteiger partial charge in [0.1, 0.15) is 0 Å². The van der Waals surface area contributed by atoms with E-state index in [9.17, 15) is 0 Å². The third kappa shape index (κ3) is 1.55. The van der Waals surface area contributed by atoms with E-state index in [2.05, 4.69) is 18.4 Å². The summed E-state index contributed by atoms with van der Waals surface area (Å²) in [5, 5.41) is 2.22. The molecular formula is C7H12S. The van der Waals surface area contributed by atoms with Crippen LogP contribution < -0.4 is 0 Å². The molecule has 1 atom stereocenters. The lowest BCUT2D eigenvalue weighted by Crippen LogP contribution is -1.93. The maximum absolute atomic E-state index is 2.33. The highest BCUT2D eigenvalue weighted by molar-refractivity contribution is 8.02. The molecule has 1 aliphatic heterocycles. The summed E-state index contributed by atoms with van der Waals surface area (Å²) in [6.45, 7) is 2.25. The van der Waals surface area contributed by atoms with E-state index in [1.165, 1.54) is 18.6 Å². The zero-order chi connectivity index (χ0) is 5.82. The van der Waals surface area contributed by atoms with Crippen molar-refractivity contribution < 1.29 is 0 Å². The van der Waals surface area contributed by atoms with Crippen molar-refractivity contribution in [1.29, 1.82) is 0 Å². The summed E-state index contributed by atoms with van der Waals surface area (Å²) >= 11 is 1.94. The number of rotatable bonds is 2. The molecule has 46 valence electrons. The van der Waals surface area contributed by atoms with Gasteiger partial charge in [0.2, 0.25) is 0 Å². The quantitative estimate of drug-likeness (QED) is 0.551. The number of thioether (sulfide) groups is 1. The maximum atomic E-state index is 2.33. The molecule has 1 aliphatic rings. The van der Waals surface area contributed by atoms with Gasteiger partial charge in [-0.1, -0.05) is 19.4 Å². The fourth-order valence-electron chi connectivity index (χ4n) is 0.952. The minimum absolute atomic E-state index is 0.894. The number of allylic oxidation sites excluding steroid dienone is 1. The van der Waals surface area contributed by atoms with Gasteiger partial charge in [0, 0.05) is 5.75 Å². The second-order valence-electron chi connectivity index (χ2n) is 2.21. The van der Waals surface area contributed by atoms with Gasteiger partial charge >= 0.3 is 0 Å². The monoisotopic (exact) mass is 128 g/mol. The molecule has 0 spiro atoms. The summed E-state index contributed by atoms with van der Waals surface area (Å²) in [6, 6.07) is 0. The standard InChI is InChI=1S/C7H12S/c1-2-3-7-4-5-8-6-7/h4-5,7H,2-3,6H2,1H3. The van der Waals surface area contributed by atoms with Crippen molar-refractivity contribution in [2.24, 2.45) is 5.92 Å². The van der Waals surface area contributed by atoms with E-state index in [0.29, 0.717) is 0 Å². The first kappa shape index (κ1) is 6.21. The van der Waals surface area contributed by atoms with Crippen molar-refractivity contribution in [3.05, 3.63) is 11.5 Å². The molecule has 0 amide bonds. The van der Waals surface area contributed by atoms with Crippen LogP contribution in [-0.4, -0.2) is 5.75 Å². The topological polar surface area (TPSA) is 0 Å². The molecule has 0 nitrogen and oxygen atoms in total. The molecule has 0 aliphatic carbocycles. The Kier molecular flexibility index (Phi) is 2.47. The molecule has 1 heteroatoms. The van der Waals surface area contributed by atoms with Crippen molar-refractivity contribution in [3.63, 3.8) is 0 Å². The molecule has 1 unspecified atom stereocenters. The minimum Gasteiger partial charge on any atom is -0.134 e. The second kappa shape index (κ2) is 3.18. The van der Waals surface area contributed by atoms with Crippen LogP contribution in [0.25, 0.3) is 0 Å². The molecule has 1 rings (SSSR count). The largest absolute Gasteiger partial charge is 0.134 e. The smallest absolute Gasteiger partial charge is 0.00373 e. The summed E-state index contributed by atoms with van der Waals surface area (Å²) in [4.78, 5) is 0. The van der Waals surface area contributed by atoms with E-state index in [-0.39, 0.29) is 0 Å². The van der Waals surface area contributed by atoms with E-state index in [0.717, 1.165) is 5.92 Å². The van der Waals surface area contributed by atoms with Crippen LogP contribution in [0.4, 0.5) is 0 Å². The molecule has 0 fully saturated rings. The van der Waals surface area contributed by atoms with Crippen LogP contribution in [0.3, 0.4) is 0 Å². The van der Waals surface area contributed by atoms with Crippen molar-refractivity contribution in [2.45, 2.75) is 19.8 Å². The first-order valence-electron chi connectivity index (χ1n) is 3.21. The van der Waals surface area contributed by atoms with Gasteiger partial charge in [-0.05, 0) is 17.7 Å².